The van der Waals surface area contributed by atoms with Gasteiger partial charge in [0, 0.05) is 18.0 Å². The van der Waals surface area contributed by atoms with Gasteiger partial charge in [-0.3, -0.25) is 4.98 Å². The van der Waals surface area contributed by atoms with Crippen LogP contribution < -0.4 is 9.47 Å². The molecule has 5 heteroatoms. The molecule has 0 unspecified atom stereocenters. The molecule has 4 nitrogen and oxygen atoms in total. The zero-order valence-electron chi connectivity index (χ0n) is 11.7. The third-order valence-electron chi connectivity index (χ3n) is 2.81. The van der Waals surface area contributed by atoms with E-state index in [9.17, 15) is 5.26 Å². The van der Waals surface area contributed by atoms with Gasteiger partial charge in [-0.2, -0.15) is 5.26 Å². The van der Waals surface area contributed by atoms with Crippen molar-refractivity contribution in [2.45, 2.75) is 0 Å². The molecule has 2 aromatic rings. The molecule has 0 saturated heterocycles. The minimum absolute atomic E-state index is 0. The maximum absolute atomic E-state index is 9.27. The van der Waals surface area contributed by atoms with E-state index in [-0.39, 0.29) is 12.4 Å². The molecule has 0 radical (unpaired) electrons. The van der Waals surface area contributed by atoms with Gasteiger partial charge in [-0.1, -0.05) is 12.1 Å². The fraction of sp³-hybridized carbons (Fsp3) is 0.125. The number of ether oxygens (including phenoxy) is 2. The van der Waals surface area contributed by atoms with Crippen LogP contribution in [0.15, 0.2) is 42.7 Å². The molecule has 0 saturated carbocycles. The van der Waals surface area contributed by atoms with Crippen LogP contribution in [-0.4, -0.2) is 19.2 Å². The maximum Gasteiger partial charge on any atom is 0.161 e. The minimum Gasteiger partial charge on any atom is -0.493 e. The highest BCUT2D eigenvalue weighted by atomic mass is 35.5. The fourth-order valence-corrected chi connectivity index (χ4v) is 1.81. The zero-order valence-corrected chi connectivity index (χ0v) is 12.6. The maximum atomic E-state index is 9.27. The molecule has 0 N–H and O–H groups in total. The molecule has 2 rings (SSSR count). The monoisotopic (exact) mass is 302 g/mol. The van der Waals surface area contributed by atoms with Crippen molar-refractivity contribution < 1.29 is 9.47 Å². The van der Waals surface area contributed by atoms with E-state index in [0.717, 1.165) is 11.1 Å². The van der Waals surface area contributed by atoms with Gasteiger partial charge >= 0.3 is 0 Å². The number of pyridine rings is 1. The Bertz CT molecular complexity index is 664. The number of allylic oxidation sites excluding steroid dienone is 1. The molecule has 108 valence electrons. The number of hydrogen-bond acceptors (Lipinski definition) is 4. The highest BCUT2D eigenvalue weighted by Crippen LogP contribution is 2.29. The Kier molecular flexibility index (Phi) is 6.25. The van der Waals surface area contributed by atoms with Crippen LogP contribution in [0.25, 0.3) is 11.6 Å². The van der Waals surface area contributed by atoms with Crippen LogP contribution in [0.5, 0.6) is 11.5 Å². The third-order valence-corrected chi connectivity index (χ3v) is 2.81. The summed E-state index contributed by atoms with van der Waals surface area (Å²) in [5.41, 5.74) is 2.19. The number of aromatic nitrogens is 1. The first-order valence-corrected chi connectivity index (χ1v) is 6.02. The summed E-state index contributed by atoms with van der Waals surface area (Å²) in [6.45, 7) is 0. The molecule has 0 fully saturated rings. The van der Waals surface area contributed by atoms with Gasteiger partial charge in [-0.25, -0.2) is 0 Å². The average molecular weight is 303 g/mol. The molecule has 0 aliphatic heterocycles. The predicted molar refractivity (Wildman–Crippen MR) is 84.5 cm³/mol. The number of halogens is 1. The van der Waals surface area contributed by atoms with Crippen LogP contribution in [0.3, 0.4) is 0 Å². The van der Waals surface area contributed by atoms with Gasteiger partial charge < -0.3 is 9.47 Å². The Morgan fingerprint density at radius 2 is 1.95 bits per heavy atom. The molecule has 21 heavy (non-hydrogen) atoms. The standard InChI is InChI=1S/C16H14N2O2.ClH/c1-19-15-6-5-12(9-16(15)20-2)8-14(10-17)13-4-3-7-18-11-13;/h3-9,11H,1-2H3;1H. The molecule has 0 aliphatic carbocycles. The molecular weight excluding hydrogens is 288 g/mol. The van der Waals surface area contributed by atoms with E-state index in [0.29, 0.717) is 17.1 Å². The minimum atomic E-state index is 0. The summed E-state index contributed by atoms with van der Waals surface area (Å²) in [4.78, 5) is 4.02. The number of rotatable bonds is 4. The van der Waals surface area contributed by atoms with Crippen LogP contribution in [0.2, 0.25) is 0 Å². The summed E-state index contributed by atoms with van der Waals surface area (Å²) in [6.07, 6.45) is 5.13. The van der Waals surface area contributed by atoms with E-state index in [2.05, 4.69) is 11.1 Å². The molecule has 0 spiro atoms. The van der Waals surface area contributed by atoms with Gasteiger partial charge in [0.2, 0.25) is 0 Å². The van der Waals surface area contributed by atoms with Crippen LogP contribution >= 0.6 is 12.4 Å². The molecule has 0 aliphatic rings. The smallest absolute Gasteiger partial charge is 0.161 e. The van der Waals surface area contributed by atoms with Gasteiger partial charge in [0.15, 0.2) is 11.5 Å². The van der Waals surface area contributed by atoms with E-state index in [4.69, 9.17) is 9.47 Å². The normalized spacial score (nSPS) is 10.2. The van der Waals surface area contributed by atoms with Gasteiger partial charge in [-0.05, 0) is 29.8 Å². The van der Waals surface area contributed by atoms with Crippen molar-refractivity contribution in [3.8, 4) is 17.6 Å². The molecule has 1 aromatic carbocycles. The first kappa shape index (κ1) is 16.5. The number of nitriles is 1. The SMILES string of the molecule is COc1ccc(C=C(C#N)c2cccnc2)cc1OC.Cl. The van der Waals surface area contributed by atoms with Crippen LogP contribution in [0, 0.1) is 11.3 Å². The van der Waals surface area contributed by atoms with Crippen LogP contribution in [-0.2, 0) is 0 Å². The summed E-state index contributed by atoms with van der Waals surface area (Å²) in [6, 6.07) is 11.3. The van der Waals surface area contributed by atoms with Crippen molar-refractivity contribution in [1.82, 2.24) is 4.98 Å². The number of hydrogen-bond donors (Lipinski definition) is 0. The van der Waals surface area contributed by atoms with Gasteiger partial charge in [0.25, 0.3) is 0 Å². The zero-order chi connectivity index (χ0) is 14.4. The van der Waals surface area contributed by atoms with Crippen molar-refractivity contribution in [1.29, 1.82) is 5.26 Å². The van der Waals surface area contributed by atoms with Crippen molar-refractivity contribution >= 4 is 24.1 Å². The number of benzene rings is 1. The lowest BCUT2D eigenvalue weighted by molar-refractivity contribution is 0.355. The van der Waals surface area contributed by atoms with E-state index in [1.807, 2.05) is 24.3 Å². The third kappa shape index (κ3) is 3.98. The van der Waals surface area contributed by atoms with Crippen molar-refractivity contribution in [2.75, 3.05) is 14.2 Å². The number of methoxy groups -OCH3 is 2. The Morgan fingerprint density at radius 1 is 1.19 bits per heavy atom. The summed E-state index contributed by atoms with van der Waals surface area (Å²) >= 11 is 0. The highest BCUT2D eigenvalue weighted by Gasteiger charge is 2.05. The molecular formula is C16H15ClN2O2. The molecule has 0 bridgehead atoms. The summed E-state index contributed by atoms with van der Waals surface area (Å²) in [7, 11) is 3.17. The lowest BCUT2D eigenvalue weighted by Crippen LogP contribution is -1.91. The molecule has 1 aromatic heterocycles. The lowest BCUT2D eigenvalue weighted by Gasteiger charge is -2.08. The Hall–Kier alpha value is -2.51. The van der Waals surface area contributed by atoms with Gasteiger partial charge in [0.05, 0.1) is 25.9 Å². The fourth-order valence-electron chi connectivity index (χ4n) is 1.81. The van der Waals surface area contributed by atoms with Crippen molar-refractivity contribution in [2.24, 2.45) is 0 Å². The second-order valence-corrected chi connectivity index (χ2v) is 4.03. The van der Waals surface area contributed by atoms with Gasteiger partial charge in [0.1, 0.15) is 0 Å². The van der Waals surface area contributed by atoms with Crippen molar-refractivity contribution in [3.63, 3.8) is 0 Å². The first-order chi connectivity index (χ1) is 9.78. The lowest BCUT2D eigenvalue weighted by atomic mass is 10.1. The van der Waals surface area contributed by atoms with Crippen LogP contribution in [0.4, 0.5) is 0 Å². The summed E-state index contributed by atoms with van der Waals surface area (Å²) in [5, 5.41) is 9.27. The quantitative estimate of drug-likeness (QED) is 0.810. The topological polar surface area (TPSA) is 55.1 Å². The summed E-state index contributed by atoms with van der Waals surface area (Å²) < 4.78 is 10.4. The second kappa shape index (κ2) is 7.93. The first-order valence-electron chi connectivity index (χ1n) is 6.02. The van der Waals surface area contributed by atoms with Gasteiger partial charge in [-0.15, -0.1) is 12.4 Å². The summed E-state index contributed by atoms with van der Waals surface area (Å²) in [5.74, 6) is 1.29. The Labute approximate surface area is 130 Å². The second-order valence-electron chi connectivity index (χ2n) is 4.03. The highest BCUT2D eigenvalue weighted by molar-refractivity contribution is 5.89. The average Bonchev–Trinajstić information content (AvgIpc) is 2.53. The Balaban J connectivity index is 0.00000220. The van der Waals surface area contributed by atoms with Crippen LogP contribution in [0.1, 0.15) is 11.1 Å². The van der Waals surface area contributed by atoms with E-state index >= 15 is 0 Å². The number of nitrogens with zero attached hydrogens (tertiary/aromatic N) is 2. The largest absolute Gasteiger partial charge is 0.493 e. The molecule has 0 atom stereocenters. The molecule has 0 amide bonds. The van der Waals surface area contributed by atoms with Crippen molar-refractivity contribution in [3.05, 3.63) is 53.9 Å². The predicted octanol–water partition coefficient (Wildman–Crippen LogP) is 3.58. The Morgan fingerprint density at radius 3 is 2.52 bits per heavy atom. The van der Waals surface area contributed by atoms with E-state index < -0.39 is 0 Å². The van der Waals surface area contributed by atoms with E-state index in [1.54, 1.807) is 38.8 Å². The van der Waals surface area contributed by atoms with E-state index in [1.165, 1.54) is 0 Å². The molecule has 1 heterocycles.